The first kappa shape index (κ1) is 14.0. The monoisotopic (exact) mass is 309 g/mol. The second-order valence-corrected chi connectivity index (χ2v) is 4.19. The van der Waals surface area contributed by atoms with Crippen LogP contribution >= 0.6 is 15.9 Å². The van der Waals surface area contributed by atoms with Crippen LogP contribution in [0.25, 0.3) is 0 Å². The molecule has 0 saturated heterocycles. The van der Waals surface area contributed by atoms with Crippen molar-refractivity contribution >= 4 is 21.8 Å². The van der Waals surface area contributed by atoms with Crippen molar-refractivity contribution < 1.29 is 18.0 Å². The highest BCUT2D eigenvalue weighted by atomic mass is 79.9. The van der Waals surface area contributed by atoms with Crippen LogP contribution in [0.1, 0.15) is 10.4 Å². The van der Waals surface area contributed by atoms with Crippen molar-refractivity contribution in [1.82, 2.24) is 4.90 Å². The van der Waals surface area contributed by atoms with Gasteiger partial charge in [0.25, 0.3) is 5.91 Å². The quantitative estimate of drug-likeness (QED) is 0.783. The Hall–Kier alpha value is -1.04. The number of benzene rings is 1. The van der Waals surface area contributed by atoms with E-state index in [0.29, 0.717) is 5.33 Å². The Bertz CT molecular complexity index is 367. The van der Waals surface area contributed by atoms with Gasteiger partial charge in [-0.2, -0.15) is 13.2 Å². The summed E-state index contributed by atoms with van der Waals surface area (Å²) in [6.45, 7) is -1.21. The molecule has 0 heterocycles. The number of alkyl halides is 4. The topological polar surface area (TPSA) is 20.3 Å². The lowest BCUT2D eigenvalue weighted by Crippen LogP contribution is -2.40. The minimum absolute atomic E-state index is 0.0211. The summed E-state index contributed by atoms with van der Waals surface area (Å²) in [6, 6.07) is 7.94. The van der Waals surface area contributed by atoms with E-state index in [1.54, 1.807) is 18.2 Å². The van der Waals surface area contributed by atoms with Gasteiger partial charge in [0, 0.05) is 17.4 Å². The van der Waals surface area contributed by atoms with Gasteiger partial charge in [-0.05, 0) is 12.1 Å². The normalized spacial score (nSPS) is 11.3. The van der Waals surface area contributed by atoms with Crippen LogP contribution in [0.3, 0.4) is 0 Å². The van der Waals surface area contributed by atoms with Gasteiger partial charge < -0.3 is 4.90 Å². The van der Waals surface area contributed by atoms with Gasteiger partial charge in [-0.3, -0.25) is 4.79 Å². The van der Waals surface area contributed by atoms with Crippen molar-refractivity contribution in [1.29, 1.82) is 0 Å². The van der Waals surface area contributed by atoms with Crippen molar-refractivity contribution in [2.75, 3.05) is 18.4 Å². The largest absolute Gasteiger partial charge is 0.406 e. The Kier molecular flexibility index (Phi) is 4.99. The van der Waals surface area contributed by atoms with Gasteiger partial charge in [0.1, 0.15) is 6.54 Å². The maximum Gasteiger partial charge on any atom is 0.406 e. The van der Waals surface area contributed by atoms with E-state index in [9.17, 15) is 18.0 Å². The van der Waals surface area contributed by atoms with Gasteiger partial charge in [0.05, 0.1) is 0 Å². The number of carbonyl (C=O) groups is 1. The molecule has 1 aromatic carbocycles. The molecule has 17 heavy (non-hydrogen) atoms. The first-order valence-corrected chi connectivity index (χ1v) is 6.03. The van der Waals surface area contributed by atoms with Crippen molar-refractivity contribution in [3.63, 3.8) is 0 Å². The predicted molar refractivity (Wildman–Crippen MR) is 62.2 cm³/mol. The average molecular weight is 310 g/mol. The first-order chi connectivity index (χ1) is 7.94. The van der Waals surface area contributed by atoms with E-state index < -0.39 is 18.6 Å². The summed E-state index contributed by atoms with van der Waals surface area (Å²) in [5.41, 5.74) is 0.262. The summed E-state index contributed by atoms with van der Waals surface area (Å²) in [6.07, 6.45) is -4.38. The molecular weight excluding hydrogens is 299 g/mol. The molecule has 0 aromatic heterocycles. The number of carbonyl (C=O) groups excluding carboxylic acids is 1. The van der Waals surface area contributed by atoms with Crippen molar-refractivity contribution in [2.45, 2.75) is 6.18 Å². The van der Waals surface area contributed by atoms with E-state index in [0.717, 1.165) is 4.90 Å². The summed E-state index contributed by atoms with van der Waals surface area (Å²) >= 11 is 3.04. The maximum atomic E-state index is 12.3. The molecule has 1 amide bonds. The number of nitrogens with zero attached hydrogens (tertiary/aromatic N) is 1. The van der Waals surface area contributed by atoms with Gasteiger partial charge >= 0.3 is 6.18 Å². The second-order valence-electron chi connectivity index (χ2n) is 3.40. The zero-order chi connectivity index (χ0) is 12.9. The molecule has 1 aromatic rings. The third-order valence-electron chi connectivity index (χ3n) is 2.03. The smallest absolute Gasteiger partial charge is 0.329 e. The third-order valence-corrected chi connectivity index (χ3v) is 2.39. The van der Waals surface area contributed by atoms with Gasteiger partial charge in [-0.15, -0.1) is 0 Å². The Labute approximate surface area is 106 Å². The molecule has 0 bridgehead atoms. The molecule has 0 aliphatic rings. The molecule has 6 heteroatoms. The van der Waals surface area contributed by atoms with E-state index in [-0.39, 0.29) is 12.1 Å². The highest BCUT2D eigenvalue weighted by Crippen LogP contribution is 2.18. The van der Waals surface area contributed by atoms with Crippen LogP contribution in [0.2, 0.25) is 0 Å². The summed E-state index contributed by atoms with van der Waals surface area (Å²) < 4.78 is 36.9. The SMILES string of the molecule is O=C(c1ccccc1)N(CCBr)CC(F)(F)F. The summed E-state index contributed by atoms with van der Waals surface area (Å²) in [7, 11) is 0. The number of hydrogen-bond donors (Lipinski definition) is 0. The Morgan fingerprint density at radius 1 is 1.24 bits per heavy atom. The fraction of sp³-hybridized carbons (Fsp3) is 0.364. The summed E-state index contributed by atoms with van der Waals surface area (Å²) in [4.78, 5) is 12.6. The van der Waals surface area contributed by atoms with Crippen molar-refractivity contribution in [3.05, 3.63) is 35.9 Å². The van der Waals surface area contributed by atoms with Crippen LogP contribution in [-0.4, -0.2) is 35.4 Å². The Balaban J connectivity index is 2.81. The highest BCUT2D eigenvalue weighted by molar-refractivity contribution is 9.09. The maximum absolute atomic E-state index is 12.3. The molecule has 0 unspecified atom stereocenters. The Morgan fingerprint density at radius 3 is 2.29 bits per heavy atom. The zero-order valence-electron chi connectivity index (χ0n) is 8.88. The van der Waals surface area contributed by atoms with Crippen LogP contribution in [0.4, 0.5) is 13.2 Å². The van der Waals surface area contributed by atoms with E-state index in [1.165, 1.54) is 12.1 Å². The molecule has 0 radical (unpaired) electrons. The predicted octanol–water partition coefficient (Wildman–Crippen LogP) is 3.09. The van der Waals surface area contributed by atoms with Crippen LogP contribution in [0.15, 0.2) is 30.3 Å². The van der Waals surface area contributed by atoms with Gasteiger partial charge in [0.15, 0.2) is 0 Å². The Morgan fingerprint density at radius 2 is 1.82 bits per heavy atom. The molecule has 1 rings (SSSR count). The number of amides is 1. The van der Waals surface area contributed by atoms with Gasteiger partial charge in [0.2, 0.25) is 0 Å². The molecular formula is C11H11BrF3NO. The summed E-state index contributed by atoms with van der Waals surface area (Å²) in [5, 5.41) is 0.307. The zero-order valence-corrected chi connectivity index (χ0v) is 10.5. The molecule has 0 spiro atoms. The molecule has 0 atom stereocenters. The van der Waals surface area contributed by atoms with Crippen molar-refractivity contribution in [3.8, 4) is 0 Å². The van der Waals surface area contributed by atoms with Crippen molar-refractivity contribution in [2.24, 2.45) is 0 Å². The molecule has 2 nitrogen and oxygen atoms in total. The molecule has 0 aliphatic carbocycles. The molecule has 0 N–H and O–H groups in total. The highest BCUT2D eigenvalue weighted by Gasteiger charge is 2.32. The third kappa shape index (κ3) is 4.77. The van der Waals surface area contributed by atoms with E-state index in [2.05, 4.69) is 15.9 Å². The number of halogens is 4. The minimum atomic E-state index is -4.38. The van der Waals surface area contributed by atoms with Gasteiger partial charge in [-0.1, -0.05) is 34.1 Å². The van der Waals surface area contributed by atoms with Crippen LogP contribution < -0.4 is 0 Å². The lowest BCUT2D eigenvalue weighted by Gasteiger charge is -2.23. The minimum Gasteiger partial charge on any atom is -0.329 e. The molecule has 0 fully saturated rings. The van der Waals surface area contributed by atoms with Crippen LogP contribution in [-0.2, 0) is 0 Å². The van der Waals surface area contributed by atoms with E-state index in [1.807, 2.05) is 0 Å². The standard InChI is InChI=1S/C11H11BrF3NO/c12-6-7-16(8-11(13,14)15)10(17)9-4-2-1-3-5-9/h1-5H,6-8H2. The van der Waals surface area contributed by atoms with E-state index >= 15 is 0 Å². The number of rotatable bonds is 4. The van der Waals surface area contributed by atoms with Crippen LogP contribution in [0.5, 0.6) is 0 Å². The number of hydrogen-bond acceptors (Lipinski definition) is 1. The van der Waals surface area contributed by atoms with Gasteiger partial charge in [-0.25, -0.2) is 0 Å². The lowest BCUT2D eigenvalue weighted by molar-refractivity contribution is -0.140. The molecule has 0 saturated carbocycles. The fourth-order valence-electron chi connectivity index (χ4n) is 1.33. The van der Waals surface area contributed by atoms with E-state index in [4.69, 9.17) is 0 Å². The molecule has 0 aliphatic heterocycles. The fourth-order valence-corrected chi connectivity index (χ4v) is 1.76. The summed E-state index contributed by atoms with van der Waals surface area (Å²) in [5.74, 6) is -0.609. The first-order valence-electron chi connectivity index (χ1n) is 4.91. The van der Waals surface area contributed by atoms with Crippen LogP contribution in [0, 0.1) is 0 Å². The lowest BCUT2D eigenvalue weighted by atomic mass is 10.2. The molecule has 94 valence electrons. The second kappa shape index (κ2) is 6.05. The average Bonchev–Trinajstić information content (AvgIpc) is 2.27.